The van der Waals surface area contributed by atoms with Crippen molar-refractivity contribution in [2.24, 2.45) is 0 Å². The van der Waals surface area contributed by atoms with Gasteiger partial charge in [0.25, 0.3) is 0 Å². The highest BCUT2D eigenvalue weighted by atomic mass is 16.6. The number of phenolic OH excluding ortho intramolecular Hbond substituents is 2. The van der Waals surface area contributed by atoms with Crippen molar-refractivity contribution in [1.82, 2.24) is 0 Å². The van der Waals surface area contributed by atoms with E-state index in [0.29, 0.717) is 17.9 Å². The summed E-state index contributed by atoms with van der Waals surface area (Å²) in [5.41, 5.74) is 0.721. The molecule has 1 aliphatic rings. The molecule has 0 aliphatic carbocycles. The van der Waals surface area contributed by atoms with Crippen LogP contribution in [-0.2, 0) is 6.42 Å². The highest BCUT2D eigenvalue weighted by Gasteiger charge is 2.31. The maximum Gasteiger partial charge on any atom is 0.216 e. The molecule has 0 spiro atoms. The first kappa shape index (κ1) is 6.34. The van der Waals surface area contributed by atoms with Gasteiger partial charge in [0.05, 0.1) is 0 Å². The second-order valence-corrected chi connectivity index (χ2v) is 2.52. The zero-order chi connectivity index (χ0) is 8.01. The number of rotatable bonds is 1. The monoisotopic (exact) mass is 152 g/mol. The van der Waals surface area contributed by atoms with E-state index in [1.807, 2.05) is 6.92 Å². The Morgan fingerprint density at radius 2 is 2.09 bits per heavy atom. The van der Waals surface area contributed by atoms with Gasteiger partial charge in [0, 0.05) is 5.56 Å². The summed E-state index contributed by atoms with van der Waals surface area (Å²) in [6.07, 6.45) is 0.691. The summed E-state index contributed by atoms with van der Waals surface area (Å²) < 4.78 is 4.84. The van der Waals surface area contributed by atoms with Crippen LogP contribution in [0.25, 0.3) is 0 Å². The van der Waals surface area contributed by atoms with E-state index in [9.17, 15) is 10.2 Å². The summed E-state index contributed by atoms with van der Waals surface area (Å²) in [6, 6.07) is 1.53. The second kappa shape index (κ2) is 1.81. The zero-order valence-electron chi connectivity index (χ0n) is 6.09. The Labute approximate surface area is 63.9 Å². The first-order chi connectivity index (χ1) is 5.24. The summed E-state index contributed by atoms with van der Waals surface area (Å²) >= 11 is 0. The molecular weight excluding hydrogens is 144 g/mol. The smallest absolute Gasteiger partial charge is 0.216 e. The maximum absolute atomic E-state index is 9.34. The molecule has 0 fully saturated rings. The molecule has 3 nitrogen and oxygen atoms in total. The van der Waals surface area contributed by atoms with E-state index in [1.165, 1.54) is 6.07 Å². The molecule has 3 heteroatoms. The number of phenols is 2. The van der Waals surface area contributed by atoms with Gasteiger partial charge in [-0.25, -0.2) is 0 Å². The van der Waals surface area contributed by atoms with Crippen LogP contribution in [0.2, 0.25) is 0 Å². The normalized spacial score (nSPS) is 12.1. The van der Waals surface area contributed by atoms with Crippen LogP contribution < -0.4 is 4.74 Å². The van der Waals surface area contributed by atoms with Gasteiger partial charge in [-0.1, -0.05) is 6.92 Å². The van der Waals surface area contributed by atoms with Crippen LogP contribution in [-0.4, -0.2) is 10.2 Å². The fourth-order valence-corrected chi connectivity index (χ4v) is 1.12. The standard InChI is InChI=1S/C8H8O3/c1-2-4-3-5(9)7-8(11-7)6(4)10/h3,9-10H,2H2,1H3. The minimum atomic E-state index is 0.120. The van der Waals surface area contributed by atoms with Gasteiger partial charge in [-0.2, -0.15) is 0 Å². The van der Waals surface area contributed by atoms with Crippen molar-refractivity contribution >= 4 is 0 Å². The second-order valence-electron chi connectivity index (χ2n) is 2.52. The lowest BCUT2D eigenvalue weighted by molar-refractivity contribution is 0.457. The molecule has 0 atom stereocenters. The minimum Gasteiger partial charge on any atom is -0.504 e. The van der Waals surface area contributed by atoms with Gasteiger partial charge in [-0.15, -0.1) is 0 Å². The lowest BCUT2D eigenvalue weighted by Gasteiger charge is -1.95. The van der Waals surface area contributed by atoms with Crippen molar-refractivity contribution in [3.63, 3.8) is 0 Å². The highest BCUT2D eigenvalue weighted by Crippen LogP contribution is 2.59. The van der Waals surface area contributed by atoms with Crippen molar-refractivity contribution in [3.05, 3.63) is 11.6 Å². The summed E-state index contributed by atoms with van der Waals surface area (Å²) in [4.78, 5) is 0. The molecule has 0 saturated heterocycles. The lowest BCUT2D eigenvalue weighted by Crippen LogP contribution is -1.76. The predicted molar refractivity (Wildman–Crippen MR) is 39.2 cm³/mol. The van der Waals surface area contributed by atoms with Gasteiger partial charge in [-0.3, -0.25) is 0 Å². The van der Waals surface area contributed by atoms with Gasteiger partial charge in [0.1, 0.15) is 0 Å². The Hall–Kier alpha value is -1.38. The number of fused-ring (bicyclic) bond motifs is 1. The minimum absolute atomic E-state index is 0.120. The number of hydrogen-bond acceptors (Lipinski definition) is 3. The average Bonchev–Trinajstić information content (AvgIpc) is 2.75. The van der Waals surface area contributed by atoms with Gasteiger partial charge < -0.3 is 14.9 Å². The Balaban J connectivity index is 2.60. The molecule has 0 unspecified atom stereocenters. The van der Waals surface area contributed by atoms with Crippen LogP contribution in [0.5, 0.6) is 23.0 Å². The third-order valence-electron chi connectivity index (χ3n) is 1.81. The molecule has 1 heterocycles. The number of aromatic hydroxyl groups is 2. The SMILES string of the molecule is CCc1cc(O)c2c(c1O)O2. The van der Waals surface area contributed by atoms with Crippen LogP contribution in [0.15, 0.2) is 6.07 Å². The van der Waals surface area contributed by atoms with Crippen LogP contribution in [0.3, 0.4) is 0 Å². The maximum atomic E-state index is 9.34. The van der Waals surface area contributed by atoms with Crippen molar-refractivity contribution in [3.8, 4) is 23.0 Å². The molecule has 0 saturated carbocycles. The summed E-state index contributed by atoms with van der Waals surface area (Å²) in [5.74, 6) is 1.14. The van der Waals surface area contributed by atoms with Gasteiger partial charge >= 0.3 is 0 Å². The molecule has 1 aromatic rings. The Bertz CT molecular complexity index is 318. The first-order valence-corrected chi connectivity index (χ1v) is 3.49. The number of aryl methyl sites for hydroxylation is 1. The Morgan fingerprint density at radius 3 is 2.73 bits per heavy atom. The fraction of sp³-hybridized carbons (Fsp3) is 0.250. The molecular formula is C8H8O3. The molecule has 0 amide bonds. The molecule has 0 bridgehead atoms. The van der Waals surface area contributed by atoms with Crippen LogP contribution in [0, 0.1) is 0 Å². The summed E-state index contributed by atoms with van der Waals surface area (Å²) in [6.45, 7) is 1.91. The fourth-order valence-electron chi connectivity index (χ4n) is 1.12. The zero-order valence-corrected chi connectivity index (χ0v) is 6.09. The Morgan fingerprint density at radius 1 is 1.36 bits per heavy atom. The molecule has 1 aromatic carbocycles. The van der Waals surface area contributed by atoms with Gasteiger partial charge in [0.15, 0.2) is 11.5 Å². The largest absolute Gasteiger partial charge is 0.504 e. The van der Waals surface area contributed by atoms with Crippen molar-refractivity contribution in [1.29, 1.82) is 0 Å². The van der Waals surface area contributed by atoms with E-state index >= 15 is 0 Å². The molecule has 0 aromatic heterocycles. The van der Waals surface area contributed by atoms with Crippen LogP contribution >= 0.6 is 0 Å². The van der Waals surface area contributed by atoms with Gasteiger partial charge in [0.2, 0.25) is 11.5 Å². The topological polar surface area (TPSA) is 53.0 Å². The molecule has 2 rings (SSSR count). The average molecular weight is 152 g/mol. The third kappa shape index (κ3) is 0.738. The molecule has 11 heavy (non-hydrogen) atoms. The van der Waals surface area contributed by atoms with E-state index in [0.717, 1.165) is 5.56 Å². The predicted octanol–water partition coefficient (Wildman–Crippen LogP) is 1.77. The number of hydrogen-bond donors (Lipinski definition) is 2. The first-order valence-electron chi connectivity index (χ1n) is 3.49. The molecule has 2 N–H and O–H groups in total. The Kier molecular flexibility index (Phi) is 1.04. The van der Waals surface area contributed by atoms with Crippen molar-refractivity contribution in [2.75, 3.05) is 0 Å². The lowest BCUT2D eigenvalue weighted by atomic mass is 10.1. The van der Waals surface area contributed by atoms with E-state index in [4.69, 9.17) is 4.74 Å². The van der Waals surface area contributed by atoms with E-state index in [2.05, 4.69) is 0 Å². The van der Waals surface area contributed by atoms with Crippen LogP contribution in [0.1, 0.15) is 12.5 Å². The summed E-state index contributed by atoms with van der Waals surface area (Å²) in [7, 11) is 0. The molecule has 58 valence electrons. The quantitative estimate of drug-likeness (QED) is 0.483. The molecule has 1 aliphatic heterocycles. The van der Waals surface area contributed by atoms with Crippen molar-refractivity contribution < 1.29 is 14.9 Å². The summed E-state index contributed by atoms with van der Waals surface area (Å²) in [5, 5.41) is 18.5. The van der Waals surface area contributed by atoms with E-state index in [-0.39, 0.29) is 11.5 Å². The van der Waals surface area contributed by atoms with E-state index in [1.54, 1.807) is 0 Å². The van der Waals surface area contributed by atoms with Gasteiger partial charge in [-0.05, 0) is 12.5 Å². The van der Waals surface area contributed by atoms with Crippen molar-refractivity contribution in [2.45, 2.75) is 13.3 Å². The van der Waals surface area contributed by atoms with Crippen LogP contribution in [0.4, 0.5) is 0 Å². The number of ether oxygens (including phenoxy) is 1. The molecule has 0 radical (unpaired) electrons. The number of benzene rings is 1. The van der Waals surface area contributed by atoms with E-state index < -0.39 is 0 Å². The highest BCUT2D eigenvalue weighted by molar-refractivity contribution is 5.71. The third-order valence-corrected chi connectivity index (χ3v) is 1.81.